The van der Waals surface area contributed by atoms with Crippen LogP contribution in [0.5, 0.6) is 0 Å². The van der Waals surface area contributed by atoms with E-state index in [1.165, 1.54) is 68.6 Å². The Kier molecular flexibility index (Phi) is 40.1. The van der Waals surface area contributed by atoms with Gasteiger partial charge in [-0.25, -0.2) is 0 Å². The molecule has 28 heavy (non-hydrogen) atoms. The van der Waals surface area contributed by atoms with Crippen LogP contribution in [0.25, 0.3) is 0 Å². The Balaban J connectivity index is -0.000000159. The van der Waals surface area contributed by atoms with Crippen molar-refractivity contribution >= 4 is 40.4 Å². The third-order valence-corrected chi connectivity index (χ3v) is 4.04. The summed E-state index contributed by atoms with van der Waals surface area (Å²) in [6, 6.07) is 0. The number of rotatable bonds is 13. The van der Waals surface area contributed by atoms with Crippen LogP contribution >= 0.6 is 0 Å². The van der Waals surface area contributed by atoms with Gasteiger partial charge >= 0.3 is 98.1 Å². The second kappa shape index (κ2) is 33.0. The zero-order valence-electron chi connectivity index (χ0n) is 17.1. The molecule has 0 unspecified atom stereocenters. The molecule has 0 aliphatic carbocycles. The van der Waals surface area contributed by atoms with Crippen LogP contribution in [-0.4, -0.2) is 40.4 Å². The standard InChI is InChI=1S/C12H25.3C3H4O2.Sn/c1-3-5-7-9-11-12-10-8-6-4-2;3*1-2-3(4)5;/h1,3-12H2,2H3;3*2H,1H2,(H,4,5);/q;;;;+3/p-3. The molecule has 0 rings (SSSR count). The number of carbonyl (C=O) groups excluding carboxylic acids is 3. The first-order chi connectivity index (χ1) is 13.2. The summed E-state index contributed by atoms with van der Waals surface area (Å²) in [5.74, 6) is -3.69. The van der Waals surface area contributed by atoms with E-state index in [1.807, 2.05) is 0 Å². The predicted octanol–water partition coefficient (Wildman–Crippen LogP) is 1.26. The molecule has 0 aromatic carbocycles. The van der Waals surface area contributed by atoms with Crippen LogP contribution in [0.15, 0.2) is 38.0 Å². The number of carboxylic acid groups (broad SMARTS) is 3. The fourth-order valence-electron chi connectivity index (χ4n) is 1.61. The van der Waals surface area contributed by atoms with Crippen LogP contribution in [0.3, 0.4) is 0 Å². The van der Waals surface area contributed by atoms with Crippen molar-refractivity contribution in [3.8, 4) is 0 Å². The van der Waals surface area contributed by atoms with E-state index in [4.69, 9.17) is 29.7 Å². The van der Waals surface area contributed by atoms with Gasteiger partial charge < -0.3 is 29.7 Å². The topological polar surface area (TPSA) is 120 Å². The summed E-state index contributed by atoms with van der Waals surface area (Å²) in [5, 5.41) is 27.4. The molecule has 0 aliphatic rings. The maximum atomic E-state index is 9.14. The molecule has 158 valence electrons. The van der Waals surface area contributed by atoms with Crippen molar-refractivity contribution in [1.29, 1.82) is 0 Å². The molecule has 0 radical (unpaired) electrons. The van der Waals surface area contributed by atoms with Gasteiger partial charge in [-0.05, 0) is 18.2 Å². The van der Waals surface area contributed by atoms with Crippen LogP contribution < -0.4 is 15.3 Å². The van der Waals surface area contributed by atoms with Crippen LogP contribution in [0.4, 0.5) is 0 Å². The number of hydrogen-bond donors (Lipinski definition) is 0. The van der Waals surface area contributed by atoms with Crippen molar-refractivity contribution in [2.24, 2.45) is 0 Å². The van der Waals surface area contributed by atoms with Gasteiger partial charge in [0.05, 0.1) is 17.9 Å². The average molecular weight is 501 g/mol. The van der Waals surface area contributed by atoms with Gasteiger partial charge in [0.15, 0.2) is 0 Å². The third kappa shape index (κ3) is 64.4. The summed E-state index contributed by atoms with van der Waals surface area (Å²) in [4.78, 5) is 27.4. The molecule has 0 heterocycles. The SMILES string of the molecule is C=CC(=O)[O-].C=CC(=O)[O-].C=CC(=O)[O-].CCCCCCCCCCC[CH2][Sn+3]. The molecule has 0 saturated heterocycles. The summed E-state index contributed by atoms with van der Waals surface area (Å²) in [6.45, 7) is 11.0. The normalized spacial score (nSPS) is 8.39. The Morgan fingerprint density at radius 2 is 0.857 bits per heavy atom. The minimum atomic E-state index is -1.23. The fraction of sp³-hybridized carbons (Fsp3) is 0.571. The zero-order chi connectivity index (χ0) is 22.6. The van der Waals surface area contributed by atoms with Gasteiger partial charge in [0.25, 0.3) is 0 Å². The van der Waals surface area contributed by atoms with Crippen LogP contribution in [0, 0.1) is 0 Å². The van der Waals surface area contributed by atoms with Gasteiger partial charge in [-0.15, -0.1) is 0 Å². The molecule has 6 nitrogen and oxygen atoms in total. The molecule has 0 bridgehead atoms. The predicted molar refractivity (Wildman–Crippen MR) is 108 cm³/mol. The monoisotopic (exact) mass is 502 g/mol. The molecule has 0 aromatic rings. The molecule has 0 fully saturated rings. The van der Waals surface area contributed by atoms with Crippen molar-refractivity contribution in [2.45, 2.75) is 75.6 Å². The van der Waals surface area contributed by atoms with E-state index >= 15 is 0 Å². The number of aliphatic carboxylic acids is 3. The number of carboxylic acids is 3. The van der Waals surface area contributed by atoms with Crippen molar-refractivity contribution in [2.75, 3.05) is 0 Å². The molecule has 0 spiro atoms. The van der Waals surface area contributed by atoms with E-state index in [-0.39, 0.29) is 0 Å². The van der Waals surface area contributed by atoms with Gasteiger partial charge in [0, 0.05) is 0 Å². The summed E-state index contributed by atoms with van der Waals surface area (Å²) < 4.78 is 1.46. The van der Waals surface area contributed by atoms with Gasteiger partial charge in [-0.1, -0.05) is 19.7 Å². The van der Waals surface area contributed by atoms with E-state index in [9.17, 15) is 0 Å². The second-order valence-corrected chi connectivity index (χ2v) is 6.93. The number of carbonyl (C=O) groups is 3. The Morgan fingerprint density at radius 1 is 0.643 bits per heavy atom. The van der Waals surface area contributed by atoms with E-state index in [1.54, 1.807) is 22.5 Å². The Hall–Kier alpha value is -1.57. The van der Waals surface area contributed by atoms with E-state index in [0.717, 1.165) is 18.2 Å². The zero-order valence-corrected chi connectivity index (χ0v) is 19.9. The summed E-state index contributed by atoms with van der Waals surface area (Å²) in [7, 11) is 0. The molecular formula is C21H34O6Sn. The number of unbranched alkanes of at least 4 members (excludes halogenated alkanes) is 9. The first-order valence-corrected chi connectivity index (χ1v) is 11.4. The van der Waals surface area contributed by atoms with Gasteiger partial charge in [0.2, 0.25) is 0 Å². The molecule has 7 heteroatoms. The fourth-order valence-corrected chi connectivity index (χ4v) is 2.33. The Morgan fingerprint density at radius 3 is 1.04 bits per heavy atom. The molecule has 0 N–H and O–H groups in total. The number of hydrogen-bond acceptors (Lipinski definition) is 6. The van der Waals surface area contributed by atoms with Gasteiger partial charge in [-0.3, -0.25) is 0 Å². The van der Waals surface area contributed by atoms with E-state index in [2.05, 4.69) is 26.7 Å². The van der Waals surface area contributed by atoms with Crippen LogP contribution in [-0.2, 0) is 14.4 Å². The molecule has 0 atom stereocenters. The van der Waals surface area contributed by atoms with Crippen molar-refractivity contribution in [3.05, 3.63) is 38.0 Å². The van der Waals surface area contributed by atoms with E-state index < -0.39 is 17.9 Å². The summed E-state index contributed by atoms with van der Waals surface area (Å²) >= 11 is 1.72. The molecule has 0 amide bonds. The molecular weight excluding hydrogens is 467 g/mol. The van der Waals surface area contributed by atoms with Crippen LogP contribution in [0.1, 0.15) is 71.1 Å². The first-order valence-electron chi connectivity index (χ1n) is 9.38. The van der Waals surface area contributed by atoms with Crippen molar-refractivity contribution < 1.29 is 29.7 Å². The minimum absolute atomic E-state index is 0.722. The molecule has 0 aliphatic heterocycles. The van der Waals surface area contributed by atoms with Crippen molar-refractivity contribution in [3.63, 3.8) is 0 Å². The van der Waals surface area contributed by atoms with Gasteiger partial charge in [0.1, 0.15) is 0 Å². The maximum absolute atomic E-state index is 9.14. The summed E-state index contributed by atoms with van der Waals surface area (Å²) in [6.07, 6.45) is 16.8. The quantitative estimate of drug-likeness (QED) is 0.213. The van der Waals surface area contributed by atoms with Crippen LogP contribution in [0.2, 0.25) is 4.44 Å². The van der Waals surface area contributed by atoms with Gasteiger partial charge in [-0.2, -0.15) is 0 Å². The van der Waals surface area contributed by atoms with E-state index in [0.29, 0.717) is 0 Å². The summed E-state index contributed by atoms with van der Waals surface area (Å²) in [5.41, 5.74) is 0. The Bertz CT molecular complexity index is 355. The third-order valence-electron chi connectivity index (χ3n) is 3.03. The van der Waals surface area contributed by atoms with Crippen molar-refractivity contribution in [1.82, 2.24) is 0 Å². The first kappa shape index (κ1) is 34.0. The molecule has 0 saturated carbocycles. The average Bonchev–Trinajstić information content (AvgIpc) is 2.68. The Labute approximate surface area is 183 Å². The molecule has 0 aromatic heterocycles. The second-order valence-electron chi connectivity index (χ2n) is 5.50.